The Morgan fingerprint density at radius 3 is 2.79 bits per heavy atom. The molecule has 1 saturated heterocycles. The van der Waals surface area contributed by atoms with Crippen LogP contribution >= 0.6 is 0 Å². The molecule has 8 nitrogen and oxygen atoms in total. The minimum absolute atomic E-state index is 0.207. The Labute approximate surface area is 162 Å². The number of carbonyl (C=O) groups is 1. The third kappa shape index (κ3) is 3.63. The van der Waals surface area contributed by atoms with Gasteiger partial charge in [-0.3, -0.25) is 0 Å². The van der Waals surface area contributed by atoms with E-state index in [2.05, 4.69) is 27.2 Å². The van der Waals surface area contributed by atoms with E-state index < -0.39 is 5.97 Å². The number of ether oxygens (including phenoxy) is 1. The number of rotatable bonds is 5. The van der Waals surface area contributed by atoms with Crippen molar-refractivity contribution < 1.29 is 14.6 Å². The highest BCUT2D eigenvalue weighted by atomic mass is 16.5. The molecule has 1 fully saturated rings. The number of nitrogens with one attached hydrogen (secondary N) is 1. The van der Waals surface area contributed by atoms with Gasteiger partial charge in [-0.05, 0) is 45.1 Å². The van der Waals surface area contributed by atoms with Crippen molar-refractivity contribution in [3.63, 3.8) is 0 Å². The molecule has 1 aliphatic heterocycles. The highest BCUT2D eigenvalue weighted by Crippen LogP contribution is 2.31. The molecule has 4 rings (SSSR count). The van der Waals surface area contributed by atoms with Crippen LogP contribution in [0, 0.1) is 0 Å². The number of hydrogen-bond donors (Lipinski definition) is 2. The van der Waals surface area contributed by atoms with Gasteiger partial charge in [-0.15, -0.1) is 0 Å². The number of piperidine rings is 1. The van der Waals surface area contributed by atoms with Gasteiger partial charge in [-0.2, -0.15) is 4.98 Å². The second kappa shape index (κ2) is 7.47. The Balaban J connectivity index is 1.57. The summed E-state index contributed by atoms with van der Waals surface area (Å²) in [5.41, 5.74) is 0.918. The van der Waals surface area contributed by atoms with Crippen LogP contribution in [-0.2, 0) is 7.05 Å². The van der Waals surface area contributed by atoms with Crippen molar-refractivity contribution in [3.8, 4) is 11.6 Å². The third-order valence-corrected chi connectivity index (χ3v) is 5.13. The zero-order valence-electron chi connectivity index (χ0n) is 15.9. The summed E-state index contributed by atoms with van der Waals surface area (Å²) in [7, 11) is 3.84. The van der Waals surface area contributed by atoms with Crippen molar-refractivity contribution in [2.45, 2.75) is 18.9 Å². The molecule has 0 amide bonds. The molecule has 0 bridgehead atoms. The SMILES string of the molecule is CN1CCC(Nc2nccc(Oc3cccc4cc(C(=O)O)n(C)c34)n2)CC1. The lowest BCUT2D eigenvalue weighted by Crippen LogP contribution is -2.37. The van der Waals surface area contributed by atoms with Crippen molar-refractivity contribution in [1.82, 2.24) is 19.4 Å². The van der Waals surface area contributed by atoms with Crippen LogP contribution in [0.2, 0.25) is 0 Å². The number of carboxylic acids is 1. The summed E-state index contributed by atoms with van der Waals surface area (Å²) in [5, 5.41) is 13.5. The maximum atomic E-state index is 11.4. The van der Waals surface area contributed by atoms with E-state index in [9.17, 15) is 9.90 Å². The van der Waals surface area contributed by atoms with Crippen LogP contribution in [0.1, 0.15) is 23.3 Å². The van der Waals surface area contributed by atoms with E-state index in [1.54, 1.807) is 36.0 Å². The van der Waals surface area contributed by atoms with Gasteiger partial charge >= 0.3 is 5.97 Å². The van der Waals surface area contributed by atoms with Crippen LogP contribution in [0.15, 0.2) is 36.5 Å². The Morgan fingerprint density at radius 1 is 1.25 bits per heavy atom. The number of para-hydroxylation sites is 1. The van der Waals surface area contributed by atoms with Crippen molar-refractivity contribution >= 4 is 22.8 Å². The molecule has 146 valence electrons. The lowest BCUT2D eigenvalue weighted by molar-refractivity contribution is 0.0687. The van der Waals surface area contributed by atoms with Gasteiger partial charge in [-0.25, -0.2) is 9.78 Å². The van der Waals surface area contributed by atoms with Crippen LogP contribution in [0.4, 0.5) is 5.95 Å². The number of anilines is 1. The highest BCUT2D eigenvalue weighted by molar-refractivity contribution is 5.96. The summed E-state index contributed by atoms with van der Waals surface area (Å²) in [5.74, 6) is 0.529. The molecular weight excluding hydrogens is 358 g/mol. The summed E-state index contributed by atoms with van der Waals surface area (Å²) < 4.78 is 7.62. The van der Waals surface area contributed by atoms with Crippen LogP contribution in [0.25, 0.3) is 10.9 Å². The predicted octanol–water partition coefficient (Wildman–Crippen LogP) is 2.96. The minimum Gasteiger partial charge on any atom is -0.477 e. The molecule has 0 unspecified atom stereocenters. The van der Waals surface area contributed by atoms with Crippen LogP contribution in [0.5, 0.6) is 11.6 Å². The van der Waals surface area contributed by atoms with Crippen LogP contribution in [0.3, 0.4) is 0 Å². The molecule has 2 aromatic heterocycles. The van der Waals surface area contributed by atoms with Crippen molar-refractivity contribution in [3.05, 3.63) is 42.2 Å². The van der Waals surface area contributed by atoms with Gasteiger partial charge < -0.3 is 24.6 Å². The quantitative estimate of drug-likeness (QED) is 0.702. The average Bonchev–Trinajstić information content (AvgIpc) is 3.02. The molecule has 2 N–H and O–H groups in total. The molecule has 0 radical (unpaired) electrons. The second-order valence-corrected chi connectivity index (χ2v) is 7.13. The first kappa shape index (κ1) is 18.2. The first-order chi connectivity index (χ1) is 13.5. The Morgan fingerprint density at radius 2 is 2.04 bits per heavy atom. The van der Waals surface area contributed by atoms with Crippen molar-refractivity contribution in [2.75, 3.05) is 25.5 Å². The van der Waals surface area contributed by atoms with E-state index in [0.29, 0.717) is 29.1 Å². The molecule has 28 heavy (non-hydrogen) atoms. The first-order valence-electron chi connectivity index (χ1n) is 9.29. The Bertz CT molecular complexity index is 1010. The maximum Gasteiger partial charge on any atom is 0.352 e. The summed E-state index contributed by atoms with van der Waals surface area (Å²) >= 11 is 0. The lowest BCUT2D eigenvalue weighted by Gasteiger charge is -2.29. The minimum atomic E-state index is -0.976. The van der Waals surface area contributed by atoms with Crippen LogP contribution in [-0.4, -0.2) is 56.7 Å². The van der Waals surface area contributed by atoms with Gasteiger partial charge in [-0.1, -0.05) is 12.1 Å². The highest BCUT2D eigenvalue weighted by Gasteiger charge is 2.18. The molecule has 8 heteroatoms. The fraction of sp³-hybridized carbons (Fsp3) is 0.350. The second-order valence-electron chi connectivity index (χ2n) is 7.13. The summed E-state index contributed by atoms with van der Waals surface area (Å²) in [6.07, 6.45) is 3.75. The Kier molecular flexibility index (Phi) is 4.87. The molecule has 1 aliphatic rings. The first-order valence-corrected chi connectivity index (χ1v) is 9.29. The fourth-order valence-electron chi connectivity index (χ4n) is 3.58. The topological polar surface area (TPSA) is 92.5 Å². The summed E-state index contributed by atoms with van der Waals surface area (Å²) in [6, 6.07) is 9.18. The van der Waals surface area contributed by atoms with E-state index in [0.717, 1.165) is 31.3 Å². The molecule has 3 aromatic rings. The monoisotopic (exact) mass is 381 g/mol. The van der Waals surface area contributed by atoms with Crippen molar-refractivity contribution in [1.29, 1.82) is 0 Å². The predicted molar refractivity (Wildman–Crippen MR) is 106 cm³/mol. The molecule has 3 heterocycles. The fourth-order valence-corrected chi connectivity index (χ4v) is 3.58. The van der Waals surface area contributed by atoms with E-state index in [4.69, 9.17) is 4.74 Å². The Hall–Kier alpha value is -3.13. The molecule has 0 spiro atoms. The number of benzene rings is 1. The van der Waals surface area contributed by atoms with Gasteiger partial charge in [0.2, 0.25) is 11.8 Å². The number of likely N-dealkylation sites (tertiary alicyclic amines) is 1. The van der Waals surface area contributed by atoms with Gasteiger partial charge in [0.05, 0.1) is 5.52 Å². The summed E-state index contributed by atoms with van der Waals surface area (Å²) in [6.45, 7) is 2.10. The number of aromatic nitrogens is 3. The van der Waals surface area contributed by atoms with Crippen molar-refractivity contribution in [2.24, 2.45) is 7.05 Å². The van der Waals surface area contributed by atoms with E-state index in [1.165, 1.54) is 0 Å². The molecule has 1 aromatic carbocycles. The van der Waals surface area contributed by atoms with E-state index in [-0.39, 0.29) is 5.69 Å². The summed E-state index contributed by atoms with van der Waals surface area (Å²) in [4.78, 5) is 22.5. The van der Waals surface area contributed by atoms with E-state index in [1.807, 2.05) is 12.1 Å². The molecule has 0 saturated carbocycles. The van der Waals surface area contributed by atoms with Gasteiger partial charge in [0, 0.05) is 30.7 Å². The maximum absolute atomic E-state index is 11.4. The normalized spacial score (nSPS) is 15.6. The number of nitrogens with zero attached hydrogens (tertiary/aromatic N) is 4. The zero-order valence-corrected chi connectivity index (χ0v) is 15.9. The number of fused-ring (bicyclic) bond motifs is 1. The number of aromatic carboxylic acids is 1. The number of carboxylic acid groups (broad SMARTS) is 1. The number of hydrogen-bond acceptors (Lipinski definition) is 6. The van der Waals surface area contributed by atoms with Gasteiger partial charge in [0.25, 0.3) is 0 Å². The zero-order chi connectivity index (χ0) is 19.7. The lowest BCUT2D eigenvalue weighted by atomic mass is 10.1. The molecular formula is C20H23N5O3. The van der Waals surface area contributed by atoms with Crippen LogP contribution < -0.4 is 10.1 Å². The smallest absolute Gasteiger partial charge is 0.352 e. The largest absolute Gasteiger partial charge is 0.477 e. The molecule has 0 aliphatic carbocycles. The molecule has 0 atom stereocenters. The standard InChI is InChI=1S/C20H23N5O3/c1-24-10-7-14(8-11-24)22-20-21-9-6-17(23-20)28-16-5-3-4-13-12-15(19(26)27)25(2)18(13)16/h3-6,9,12,14H,7-8,10-11H2,1-2H3,(H,26,27)(H,21,22,23). The third-order valence-electron chi connectivity index (χ3n) is 5.13. The van der Waals surface area contributed by atoms with Gasteiger partial charge in [0.1, 0.15) is 5.69 Å². The van der Waals surface area contributed by atoms with E-state index >= 15 is 0 Å². The average molecular weight is 381 g/mol. The number of aryl methyl sites for hydroxylation is 1. The van der Waals surface area contributed by atoms with Gasteiger partial charge in [0.15, 0.2) is 5.75 Å².